The van der Waals surface area contributed by atoms with Crippen LogP contribution in [0.25, 0.3) is 0 Å². The Balaban J connectivity index is 2.04. The van der Waals surface area contributed by atoms with Gasteiger partial charge in [0.05, 0.1) is 0 Å². The first-order chi connectivity index (χ1) is 12.0. The van der Waals surface area contributed by atoms with Crippen LogP contribution in [0.15, 0.2) is 24.3 Å². The van der Waals surface area contributed by atoms with Gasteiger partial charge >= 0.3 is 12.0 Å². The third-order valence-corrected chi connectivity index (χ3v) is 4.01. The molecule has 2 rings (SSSR count). The third kappa shape index (κ3) is 5.59. The number of anilines is 1. The fourth-order valence-corrected chi connectivity index (χ4v) is 2.66. The molecule has 1 heterocycles. The molecule has 0 aliphatic carbocycles. The Kier molecular flexibility index (Phi) is 6.99. The van der Waals surface area contributed by atoms with Gasteiger partial charge in [0, 0.05) is 18.2 Å². The Bertz CT molecular complexity index is 735. The summed E-state index contributed by atoms with van der Waals surface area (Å²) in [6, 6.07) is 6.32. The van der Waals surface area contributed by atoms with E-state index in [9.17, 15) is 14.7 Å². The third-order valence-electron chi connectivity index (χ3n) is 3.01. The second-order valence-corrected chi connectivity index (χ2v) is 6.08. The van der Waals surface area contributed by atoms with Crippen molar-refractivity contribution >= 4 is 40.1 Å². The predicted octanol–water partition coefficient (Wildman–Crippen LogP) is 2.58. The van der Waals surface area contributed by atoms with Gasteiger partial charge in [-0.1, -0.05) is 23.7 Å². The molecule has 2 amide bonds. The first kappa shape index (κ1) is 19.0. The first-order valence-electron chi connectivity index (χ1n) is 7.27. The van der Waals surface area contributed by atoms with E-state index < -0.39 is 12.0 Å². The molecule has 8 nitrogen and oxygen atoms in total. The molecular formula is C15H16ClN3O5S. The SMILES string of the molecule is O=C(NCCCO)Nc1snc(OCc2ccc(Cl)cc2)c1C(=O)O. The lowest BCUT2D eigenvalue weighted by Crippen LogP contribution is -2.30. The number of aromatic carboxylic acids is 1. The fraction of sp³-hybridized carbons (Fsp3) is 0.267. The summed E-state index contributed by atoms with van der Waals surface area (Å²) in [7, 11) is 0. The number of carboxylic acids is 1. The number of urea groups is 1. The Morgan fingerprint density at radius 1 is 1.28 bits per heavy atom. The lowest BCUT2D eigenvalue weighted by Gasteiger charge is -2.07. The Morgan fingerprint density at radius 3 is 2.64 bits per heavy atom. The van der Waals surface area contributed by atoms with Crippen LogP contribution in [0.3, 0.4) is 0 Å². The quantitative estimate of drug-likeness (QED) is 0.518. The number of aliphatic hydroxyl groups is 1. The largest absolute Gasteiger partial charge is 0.477 e. The van der Waals surface area contributed by atoms with Crippen LogP contribution in [-0.2, 0) is 6.61 Å². The summed E-state index contributed by atoms with van der Waals surface area (Å²) in [5.41, 5.74) is 0.585. The summed E-state index contributed by atoms with van der Waals surface area (Å²) >= 11 is 6.61. The molecule has 0 atom stereocenters. The summed E-state index contributed by atoms with van der Waals surface area (Å²) in [5, 5.41) is 23.6. The van der Waals surface area contributed by atoms with Crippen LogP contribution in [0.2, 0.25) is 5.02 Å². The standard InChI is InChI=1S/C15H16ClN3O5S/c16-10-4-2-9(3-5-10)8-24-12-11(14(21)22)13(25-19-12)18-15(23)17-6-1-7-20/h2-5,20H,1,6-8H2,(H,21,22)(H2,17,18,23). The number of carbonyl (C=O) groups excluding carboxylic acids is 1. The summed E-state index contributed by atoms with van der Waals surface area (Å²) in [5.74, 6) is -1.33. The molecule has 0 saturated carbocycles. The molecule has 1 aromatic heterocycles. The Morgan fingerprint density at radius 2 is 2.00 bits per heavy atom. The molecule has 0 spiro atoms. The molecule has 10 heteroatoms. The van der Waals surface area contributed by atoms with Crippen LogP contribution in [0.1, 0.15) is 22.3 Å². The smallest absolute Gasteiger partial charge is 0.344 e. The molecular weight excluding hydrogens is 370 g/mol. The maximum absolute atomic E-state index is 11.7. The fourth-order valence-electron chi connectivity index (χ4n) is 1.81. The van der Waals surface area contributed by atoms with E-state index in [2.05, 4.69) is 15.0 Å². The average molecular weight is 386 g/mol. The number of aliphatic hydroxyl groups excluding tert-OH is 1. The number of hydrogen-bond acceptors (Lipinski definition) is 6. The van der Waals surface area contributed by atoms with Gasteiger partial charge in [-0.15, -0.1) is 0 Å². The molecule has 0 unspecified atom stereocenters. The van der Waals surface area contributed by atoms with Crippen LogP contribution in [0.5, 0.6) is 5.88 Å². The van der Waals surface area contributed by atoms with Crippen molar-refractivity contribution in [1.29, 1.82) is 0 Å². The number of carboxylic acid groups (broad SMARTS) is 1. The van der Waals surface area contributed by atoms with Gasteiger partial charge < -0.3 is 20.3 Å². The van der Waals surface area contributed by atoms with E-state index in [1.54, 1.807) is 24.3 Å². The zero-order valence-corrected chi connectivity index (χ0v) is 14.6. The van der Waals surface area contributed by atoms with Crippen LogP contribution < -0.4 is 15.4 Å². The molecule has 25 heavy (non-hydrogen) atoms. The molecule has 1 aromatic carbocycles. The second kappa shape index (κ2) is 9.21. The van der Waals surface area contributed by atoms with Gasteiger partial charge in [0.2, 0.25) is 5.88 Å². The van der Waals surface area contributed by atoms with Gasteiger partial charge in [-0.2, -0.15) is 4.37 Å². The van der Waals surface area contributed by atoms with Crippen molar-refractivity contribution in [2.24, 2.45) is 0 Å². The minimum absolute atomic E-state index is 0.0517. The van der Waals surface area contributed by atoms with Crippen LogP contribution >= 0.6 is 23.1 Å². The van der Waals surface area contributed by atoms with E-state index in [0.29, 0.717) is 11.4 Å². The summed E-state index contributed by atoms with van der Waals surface area (Å²) < 4.78 is 9.41. The second-order valence-electron chi connectivity index (χ2n) is 4.87. The highest BCUT2D eigenvalue weighted by Crippen LogP contribution is 2.31. The molecule has 0 radical (unpaired) electrons. The highest BCUT2D eigenvalue weighted by molar-refractivity contribution is 7.11. The maximum Gasteiger partial charge on any atom is 0.344 e. The number of benzene rings is 1. The normalized spacial score (nSPS) is 10.3. The molecule has 0 fully saturated rings. The number of nitrogens with zero attached hydrogens (tertiary/aromatic N) is 1. The van der Waals surface area contributed by atoms with Gasteiger partial charge in [0.15, 0.2) is 5.56 Å². The molecule has 2 aromatic rings. The predicted molar refractivity (Wildman–Crippen MR) is 93.6 cm³/mol. The Hall–Kier alpha value is -2.36. The summed E-state index contributed by atoms with van der Waals surface area (Å²) in [6.45, 7) is 0.330. The molecule has 134 valence electrons. The van der Waals surface area contributed by atoms with Gasteiger partial charge in [-0.25, -0.2) is 9.59 Å². The number of aromatic nitrogens is 1. The Labute approximate surface area is 152 Å². The van der Waals surface area contributed by atoms with Crippen molar-refractivity contribution in [2.45, 2.75) is 13.0 Å². The van der Waals surface area contributed by atoms with Crippen LogP contribution in [0.4, 0.5) is 9.80 Å². The molecule has 4 N–H and O–H groups in total. The lowest BCUT2D eigenvalue weighted by atomic mass is 10.2. The highest BCUT2D eigenvalue weighted by atomic mass is 35.5. The van der Waals surface area contributed by atoms with Gasteiger partial charge in [0.1, 0.15) is 11.6 Å². The van der Waals surface area contributed by atoms with Gasteiger partial charge in [-0.3, -0.25) is 5.32 Å². The van der Waals surface area contributed by atoms with Gasteiger partial charge in [0.25, 0.3) is 0 Å². The number of amides is 2. The highest BCUT2D eigenvalue weighted by Gasteiger charge is 2.23. The zero-order valence-electron chi connectivity index (χ0n) is 13.0. The molecule has 0 saturated heterocycles. The van der Waals surface area contributed by atoms with E-state index in [1.807, 2.05) is 0 Å². The van der Waals surface area contributed by atoms with Crippen LogP contribution in [-0.4, -0.2) is 39.7 Å². The monoisotopic (exact) mass is 385 g/mol. The summed E-state index contributed by atoms with van der Waals surface area (Å²) in [6.07, 6.45) is 0.400. The maximum atomic E-state index is 11.7. The van der Waals surface area contributed by atoms with Crippen molar-refractivity contribution in [3.05, 3.63) is 40.4 Å². The van der Waals surface area contributed by atoms with Crippen molar-refractivity contribution in [1.82, 2.24) is 9.69 Å². The number of halogens is 1. The van der Waals surface area contributed by atoms with Crippen molar-refractivity contribution < 1.29 is 24.5 Å². The van der Waals surface area contributed by atoms with Crippen LogP contribution in [0, 0.1) is 0 Å². The number of carbonyl (C=O) groups is 2. The van der Waals surface area contributed by atoms with Gasteiger partial charge in [-0.05, 0) is 35.6 Å². The number of rotatable bonds is 8. The molecule has 0 bridgehead atoms. The zero-order chi connectivity index (χ0) is 18.2. The van der Waals surface area contributed by atoms with E-state index >= 15 is 0 Å². The molecule has 0 aliphatic heterocycles. The van der Waals surface area contributed by atoms with E-state index in [0.717, 1.165) is 17.1 Å². The van der Waals surface area contributed by atoms with Crippen molar-refractivity contribution in [2.75, 3.05) is 18.5 Å². The number of ether oxygens (including phenoxy) is 1. The van der Waals surface area contributed by atoms with E-state index in [4.69, 9.17) is 21.4 Å². The minimum Gasteiger partial charge on any atom is -0.477 e. The minimum atomic E-state index is -1.26. The van der Waals surface area contributed by atoms with Crippen molar-refractivity contribution in [3.8, 4) is 5.88 Å². The average Bonchev–Trinajstić information content (AvgIpc) is 2.97. The molecule has 0 aliphatic rings. The number of hydrogen-bond donors (Lipinski definition) is 4. The van der Waals surface area contributed by atoms with Crippen molar-refractivity contribution in [3.63, 3.8) is 0 Å². The lowest BCUT2D eigenvalue weighted by molar-refractivity contribution is 0.0693. The topological polar surface area (TPSA) is 121 Å². The van der Waals surface area contributed by atoms with E-state index in [1.165, 1.54) is 0 Å². The first-order valence-corrected chi connectivity index (χ1v) is 8.42. The summed E-state index contributed by atoms with van der Waals surface area (Å²) in [4.78, 5) is 23.2. The van der Waals surface area contributed by atoms with E-state index in [-0.39, 0.29) is 36.2 Å². The number of nitrogens with one attached hydrogen (secondary N) is 2.